The van der Waals surface area contributed by atoms with Gasteiger partial charge in [0.1, 0.15) is 4.88 Å². The summed E-state index contributed by atoms with van der Waals surface area (Å²) < 4.78 is 4.67. The Morgan fingerprint density at radius 2 is 2.18 bits per heavy atom. The summed E-state index contributed by atoms with van der Waals surface area (Å²) in [6.45, 7) is 3.89. The van der Waals surface area contributed by atoms with Crippen molar-refractivity contribution in [3.8, 4) is 0 Å². The molecule has 0 fully saturated rings. The summed E-state index contributed by atoms with van der Waals surface area (Å²) in [7, 11) is 1.33. The largest absolute Gasteiger partial charge is 0.465 e. The molecule has 0 saturated heterocycles. The number of anilines is 1. The first-order valence-electron chi connectivity index (χ1n) is 5.56. The number of unbranched alkanes of at least 4 members (excludes halogenated alkanes) is 1. The molecule has 1 rings (SSSR count). The summed E-state index contributed by atoms with van der Waals surface area (Å²) in [5, 5.41) is 4.61. The van der Waals surface area contributed by atoms with Gasteiger partial charge in [-0.2, -0.15) is 0 Å². The third-order valence-electron chi connectivity index (χ3n) is 2.37. The predicted octanol–water partition coefficient (Wildman–Crippen LogP) is 2.97. The fourth-order valence-electron chi connectivity index (χ4n) is 1.38. The van der Waals surface area contributed by atoms with E-state index in [1.165, 1.54) is 18.4 Å². The lowest BCUT2D eigenvalue weighted by molar-refractivity contribution is -0.116. The van der Waals surface area contributed by atoms with Crippen molar-refractivity contribution < 1.29 is 14.3 Å². The smallest absolute Gasteiger partial charge is 0.350 e. The van der Waals surface area contributed by atoms with E-state index in [-0.39, 0.29) is 5.91 Å². The number of carbonyl (C=O) groups is 2. The average molecular weight is 255 g/mol. The van der Waals surface area contributed by atoms with Crippen LogP contribution < -0.4 is 5.32 Å². The molecule has 1 amide bonds. The standard InChI is InChI=1S/C12H17NO3S/c1-4-5-6-9(14)13-10-8(2)7-17-11(10)12(15)16-3/h7H,4-6H2,1-3H3,(H,13,14). The third-order valence-corrected chi connectivity index (χ3v) is 3.45. The van der Waals surface area contributed by atoms with Gasteiger partial charge in [-0.1, -0.05) is 13.3 Å². The van der Waals surface area contributed by atoms with Crippen LogP contribution >= 0.6 is 11.3 Å². The number of esters is 1. The zero-order valence-electron chi connectivity index (χ0n) is 10.3. The highest BCUT2D eigenvalue weighted by Crippen LogP contribution is 2.28. The molecule has 17 heavy (non-hydrogen) atoms. The maximum atomic E-state index is 11.6. The highest BCUT2D eigenvalue weighted by Gasteiger charge is 2.18. The molecule has 0 atom stereocenters. The van der Waals surface area contributed by atoms with Crippen molar-refractivity contribution in [3.05, 3.63) is 15.8 Å². The summed E-state index contributed by atoms with van der Waals surface area (Å²) in [6.07, 6.45) is 2.30. The van der Waals surface area contributed by atoms with Gasteiger partial charge in [-0.15, -0.1) is 11.3 Å². The van der Waals surface area contributed by atoms with Crippen LogP contribution in [0.5, 0.6) is 0 Å². The van der Waals surface area contributed by atoms with E-state index in [2.05, 4.69) is 10.1 Å². The monoisotopic (exact) mass is 255 g/mol. The molecule has 94 valence electrons. The number of amides is 1. The molecule has 0 bridgehead atoms. The van der Waals surface area contributed by atoms with Crippen molar-refractivity contribution in [2.75, 3.05) is 12.4 Å². The van der Waals surface area contributed by atoms with E-state index in [9.17, 15) is 9.59 Å². The topological polar surface area (TPSA) is 55.4 Å². The summed E-state index contributed by atoms with van der Waals surface area (Å²) in [5.74, 6) is -0.465. The first-order chi connectivity index (χ1) is 8.10. The first-order valence-corrected chi connectivity index (χ1v) is 6.44. The van der Waals surface area contributed by atoms with Crippen molar-refractivity contribution >= 4 is 28.9 Å². The maximum Gasteiger partial charge on any atom is 0.350 e. The van der Waals surface area contributed by atoms with Crippen LogP contribution in [0.1, 0.15) is 41.4 Å². The van der Waals surface area contributed by atoms with Crippen LogP contribution in [0, 0.1) is 6.92 Å². The minimum atomic E-state index is -0.408. The molecule has 1 aromatic heterocycles. The fourth-order valence-corrected chi connectivity index (χ4v) is 2.30. The van der Waals surface area contributed by atoms with Crippen molar-refractivity contribution in [2.45, 2.75) is 33.1 Å². The van der Waals surface area contributed by atoms with Crippen LogP contribution in [-0.2, 0) is 9.53 Å². The second kappa shape index (κ2) is 6.39. The molecule has 1 aromatic rings. The molecular weight excluding hydrogens is 238 g/mol. The highest BCUT2D eigenvalue weighted by molar-refractivity contribution is 7.12. The van der Waals surface area contributed by atoms with Gasteiger partial charge >= 0.3 is 5.97 Å². The van der Waals surface area contributed by atoms with Gasteiger partial charge in [0.15, 0.2) is 0 Å². The lowest BCUT2D eigenvalue weighted by Crippen LogP contribution is -2.14. The Morgan fingerprint density at radius 1 is 1.47 bits per heavy atom. The van der Waals surface area contributed by atoms with Gasteiger partial charge in [0.25, 0.3) is 0 Å². The van der Waals surface area contributed by atoms with E-state index in [1.54, 1.807) is 0 Å². The van der Waals surface area contributed by atoms with Gasteiger partial charge in [-0.05, 0) is 24.3 Å². The molecule has 0 saturated carbocycles. The number of rotatable bonds is 5. The van der Waals surface area contributed by atoms with Crippen LogP contribution in [0.3, 0.4) is 0 Å². The highest BCUT2D eigenvalue weighted by atomic mass is 32.1. The Kier molecular flexibility index (Phi) is 5.15. The number of nitrogens with one attached hydrogen (secondary N) is 1. The minimum Gasteiger partial charge on any atom is -0.465 e. The molecule has 5 heteroatoms. The number of aryl methyl sites for hydroxylation is 1. The number of methoxy groups -OCH3 is 1. The zero-order chi connectivity index (χ0) is 12.8. The normalized spacial score (nSPS) is 10.1. The molecule has 0 radical (unpaired) electrons. The molecule has 4 nitrogen and oxygen atoms in total. The zero-order valence-corrected chi connectivity index (χ0v) is 11.1. The lowest BCUT2D eigenvalue weighted by Gasteiger charge is -2.06. The molecule has 0 aliphatic rings. The van der Waals surface area contributed by atoms with E-state index in [0.29, 0.717) is 17.0 Å². The lowest BCUT2D eigenvalue weighted by atomic mass is 10.2. The molecule has 0 aliphatic heterocycles. The van der Waals surface area contributed by atoms with Crippen molar-refractivity contribution in [1.29, 1.82) is 0 Å². The number of thiophene rings is 1. The molecule has 0 aliphatic carbocycles. The van der Waals surface area contributed by atoms with Gasteiger partial charge in [-0.25, -0.2) is 4.79 Å². The van der Waals surface area contributed by atoms with Crippen LogP contribution in [0.15, 0.2) is 5.38 Å². The summed E-state index contributed by atoms with van der Waals surface area (Å²) in [5.41, 5.74) is 1.48. The van der Waals surface area contributed by atoms with Gasteiger partial charge < -0.3 is 10.1 Å². The Morgan fingerprint density at radius 3 is 2.76 bits per heavy atom. The number of hydrogen-bond acceptors (Lipinski definition) is 4. The summed E-state index contributed by atoms with van der Waals surface area (Å²) in [6, 6.07) is 0. The molecule has 0 unspecified atom stereocenters. The Labute approximate surface area is 105 Å². The van der Waals surface area contributed by atoms with Crippen LogP contribution in [0.2, 0.25) is 0 Å². The third kappa shape index (κ3) is 3.56. The number of carbonyl (C=O) groups excluding carboxylic acids is 2. The maximum absolute atomic E-state index is 11.6. The predicted molar refractivity (Wildman–Crippen MR) is 68.6 cm³/mol. The Hall–Kier alpha value is -1.36. The quantitative estimate of drug-likeness (QED) is 0.823. The van der Waals surface area contributed by atoms with Crippen molar-refractivity contribution in [3.63, 3.8) is 0 Å². The van der Waals surface area contributed by atoms with Crippen molar-refractivity contribution in [1.82, 2.24) is 0 Å². The van der Waals surface area contributed by atoms with Gasteiger partial charge in [0.05, 0.1) is 12.8 Å². The van der Waals surface area contributed by atoms with E-state index >= 15 is 0 Å². The second-order valence-corrected chi connectivity index (χ2v) is 4.65. The summed E-state index contributed by atoms with van der Waals surface area (Å²) >= 11 is 1.29. The van der Waals surface area contributed by atoms with Crippen LogP contribution in [-0.4, -0.2) is 19.0 Å². The van der Waals surface area contributed by atoms with Gasteiger partial charge in [0.2, 0.25) is 5.91 Å². The van der Waals surface area contributed by atoms with Crippen LogP contribution in [0.25, 0.3) is 0 Å². The minimum absolute atomic E-state index is 0.0569. The van der Waals surface area contributed by atoms with E-state index in [4.69, 9.17) is 0 Å². The SMILES string of the molecule is CCCCC(=O)Nc1c(C)csc1C(=O)OC. The number of ether oxygens (including phenoxy) is 1. The molecule has 0 aromatic carbocycles. The van der Waals surface area contributed by atoms with Crippen molar-refractivity contribution in [2.24, 2.45) is 0 Å². The molecule has 0 spiro atoms. The Bertz CT molecular complexity index is 412. The van der Waals surface area contributed by atoms with E-state index in [0.717, 1.165) is 18.4 Å². The first kappa shape index (κ1) is 13.7. The summed E-state index contributed by atoms with van der Waals surface area (Å²) in [4.78, 5) is 23.6. The second-order valence-electron chi connectivity index (χ2n) is 3.77. The fraction of sp³-hybridized carbons (Fsp3) is 0.500. The Balaban J connectivity index is 2.79. The molecule has 1 heterocycles. The molecular formula is C12H17NO3S. The van der Waals surface area contributed by atoms with Gasteiger partial charge in [0, 0.05) is 6.42 Å². The molecule has 1 N–H and O–H groups in total. The number of hydrogen-bond donors (Lipinski definition) is 1. The van der Waals surface area contributed by atoms with E-state index < -0.39 is 5.97 Å². The average Bonchev–Trinajstić information content (AvgIpc) is 2.67. The van der Waals surface area contributed by atoms with Crippen LogP contribution in [0.4, 0.5) is 5.69 Å². The van der Waals surface area contributed by atoms with E-state index in [1.807, 2.05) is 19.2 Å². The van der Waals surface area contributed by atoms with Gasteiger partial charge in [-0.3, -0.25) is 4.79 Å².